The number of amides is 1. The Labute approximate surface area is 155 Å². The molecule has 0 unspecified atom stereocenters. The third-order valence-electron chi connectivity index (χ3n) is 4.04. The van der Waals surface area contributed by atoms with Gasteiger partial charge in [0, 0.05) is 11.3 Å². The van der Waals surface area contributed by atoms with Gasteiger partial charge in [-0.2, -0.15) is 0 Å². The van der Waals surface area contributed by atoms with E-state index in [9.17, 15) is 4.79 Å². The summed E-state index contributed by atoms with van der Waals surface area (Å²) in [6.07, 6.45) is 1.73. The van der Waals surface area contributed by atoms with Crippen LogP contribution >= 0.6 is 11.5 Å². The summed E-state index contributed by atoms with van der Waals surface area (Å²) < 4.78 is 3.86. The Bertz CT molecular complexity index is 996. The highest BCUT2D eigenvalue weighted by Gasteiger charge is 2.07. The maximum absolute atomic E-state index is 12.4. The van der Waals surface area contributed by atoms with Crippen molar-refractivity contribution < 1.29 is 4.79 Å². The summed E-state index contributed by atoms with van der Waals surface area (Å²) in [5.41, 5.74) is 4.63. The third-order valence-corrected chi connectivity index (χ3v) is 4.76. The zero-order valence-corrected chi connectivity index (χ0v) is 14.6. The van der Waals surface area contributed by atoms with Crippen LogP contribution in [0.5, 0.6) is 0 Å². The number of hydrogen-bond acceptors (Lipinski definition) is 4. The van der Waals surface area contributed by atoms with Crippen LogP contribution in [0.1, 0.15) is 10.4 Å². The summed E-state index contributed by atoms with van der Waals surface area (Å²) in [6, 6.07) is 25.4. The normalized spacial score (nSPS) is 10.5. The fourth-order valence-corrected chi connectivity index (χ4v) is 3.18. The molecule has 4 rings (SSSR count). The lowest BCUT2D eigenvalue weighted by Gasteiger charge is -2.07. The number of benzene rings is 3. The first-order valence-corrected chi connectivity index (χ1v) is 8.91. The average molecular weight is 357 g/mol. The minimum atomic E-state index is -0.128. The first-order valence-electron chi connectivity index (χ1n) is 8.14. The number of hydrogen-bond donors (Lipinski definition) is 1. The lowest BCUT2D eigenvalue weighted by molar-refractivity contribution is 0.102. The van der Waals surface area contributed by atoms with Crippen molar-refractivity contribution in [3.05, 3.63) is 90.6 Å². The zero-order chi connectivity index (χ0) is 17.8. The Hall–Kier alpha value is -3.31. The highest BCUT2D eigenvalue weighted by atomic mass is 32.1. The predicted octanol–water partition coefficient (Wildman–Crippen LogP) is 5.12. The predicted molar refractivity (Wildman–Crippen MR) is 105 cm³/mol. The maximum atomic E-state index is 12.4. The Balaban J connectivity index is 1.46. The molecular weight excluding hydrogens is 342 g/mol. The van der Waals surface area contributed by atoms with Gasteiger partial charge in [-0.3, -0.25) is 4.79 Å². The summed E-state index contributed by atoms with van der Waals surface area (Å²) in [5.74, 6) is -0.128. The second-order valence-corrected chi connectivity index (χ2v) is 6.54. The van der Waals surface area contributed by atoms with Crippen LogP contribution in [0, 0.1) is 0 Å². The number of anilines is 1. The van der Waals surface area contributed by atoms with Crippen molar-refractivity contribution in [3.8, 4) is 21.6 Å². The van der Waals surface area contributed by atoms with Crippen LogP contribution in [0.25, 0.3) is 21.6 Å². The van der Waals surface area contributed by atoms with Crippen LogP contribution < -0.4 is 5.32 Å². The quantitative estimate of drug-likeness (QED) is 0.551. The molecule has 0 radical (unpaired) electrons. The fraction of sp³-hybridized carbons (Fsp3) is 0. The number of carbonyl (C=O) groups is 1. The van der Waals surface area contributed by atoms with Crippen molar-refractivity contribution in [2.45, 2.75) is 0 Å². The van der Waals surface area contributed by atoms with E-state index in [2.05, 4.69) is 27.0 Å². The topological polar surface area (TPSA) is 54.9 Å². The van der Waals surface area contributed by atoms with Gasteiger partial charge in [-0.25, -0.2) is 0 Å². The van der Waals surface area contributed by atoms with Gasteiger partial charge >= 0.3 is 0 Å². The summed E-state index contributed by atoms with van der Waals surface area (Å²) in [4.78, 5) is 13.4. The molecule has 126 valence electrons. The van der Waals surface area contributed by atoms with Crippen molar-refractivity contribution in [2.75, 3.05) is 5.32 Å². The summed E-state index contributed by atoms with van der Waals surface area (Å²) >= 11 is 1.34. The number of aromatic nitrogens is 2. The standard InChI is InChI=1S/C21H15N3OS/c25-21(18-8-6-16(7-9-18)15-4-2-1-3-5-15)23-19-12-10-17(11-13-19)20-14-22-24-26-20/h1-14H,(H,23,25). The number of carbonyl (C=O) groups excluding carboxylic acids is 1. The van der Waals surface area contributed by atoms with Crippen LogP contribution in [-0.4, -0.2) is 15.5 Å². The lowest BCUT2D eigenvalue weighted by atomic mass is 10.0. The minimum absolute atomic E-state index is 0.128. The Morgan fingerprint density at radius 2 is 1.42 bits per heavy atom. The van der Waals surface area contributed by atoms with Crippen molar-refractivity contribution in [3.63, 3.8) is 0 Å². The van der Waals surface area contributed by atoms with E-state index >= 15 is 0 Å². The highest BCUT2D eigenvalue weighted by molar-refractivity contribution is 7.09. The van der Waals surface area contributed by atoms with Gasteiger partial charge in [0.2, 0.25) is 0 Å². The van der Waals surface area contributed by atoms with E-state index in [1.807, 2.05) is 66.7 Å². The van der Waals surface area contributed by atoms with Gasteiger partial charge < -0.3 is 5.32 Å². The van der Waals surface area contributed by atoms with Crippen LogP contribution in [0.15, 0.2) is 85.1 Å². The SMILES string of the molecule is O=C(Nc1ccc(-c2cnns2)cc1)c1ccc(-c2ccccc2)cc1. The highest BCUT2D eigenvalue weighted by Crippen LogP contribution is 2.24. The molecule has 0 aliphatic heterocycles. The van der Waals surface area contributed by atoms with Crippen LogP contribution in [0.2, 0.25) is 0 Å². The Morgan fingerprint density at radius 1 is 0.769 bits per heavy atom. The first kappa shape index (κ1) is 16.2. The van der Waals surface area contributed by atoms with Gasteiger partial charge in [0.25, 0.3) is 5.91 Å². The molecule has 0 aliphatic rings. The number of nitrogens with zero attached hydrogens (tertiary/aromatic N) is 2. The molecule has 0 saturated carbocycles. The van der Waals surface area contributed by atoms with Crippen molar-refractivity contribution >= 4 is 23.1 Å². The molecule has 1 aromatic heterocycles. The molecule has 1 heterocycles. The summed E-state index contributed by atoms with van der Waals surface area (Å²) in [5, 5.41) is 6.76. The molecule has 0 atom stereocenters. The smallest absolute Gasteiger partial charge is 0.255 e. The van der Waals surface area contributed by atoms with Gasteiger partial charge in [-0.05, 0) is 52.5 Å². The van der Waals surface area contributed by atoms with Crippen molar-refractivity contribution in [1.82, 2.24) is 9.59 Å². The monoisotopic (exact) mass is 357 g/mol. The largest absolute Gasteiger partial charge is 0.322 e. The molecule has 4 nitrogen and oxygen atoms in total. The van der Waals surface area contributed by atoms with E-state index in [1.165, 1.54) is 11.5 Å². The second kappa shape index (κ2) is 7.29. The maximum Gasteiger partial charge on any atom is 0.255 e. The van der Waals surface area contributed by atoms with E-state index in [0.717, 1.165) is 27.3 Å². The zero-order valence-electron chi connectivity index (χ0n) is 13.8. The molecule has 1 amide bonds. The molecule has 0 spiro atoms. The van der Waals surface area contributed by atoms with Crippen LogP contribution in [-0.2, 0) is 0 Å². The van der Waals surface area contributed by atoms with E-state index in [-0.39, 0.29) is 5.91 Å². The van der Waals surface area contributed by atoms with Gasteiger partial charge in [0.05, 0.1) is 11.1 Å². The van der Waals surface area contributed by atoms with Crippen molar-refractivity contribution in [1.29, 1.82) is 0 Å². The molecule has 0 bridgehead atoms. The Morgan fingerprint density at radius 3 is 2.08 bits per heavy atom. The first-order chi connectivity index (χ1) is 12.8. The van der Waals surface area contributed by atoms with Gasteiger partial charge in [0.1, 0.15) is 0 Å². The van der Waals surface area contributed by atoms with Crippen molar-refractivity contribution in [2.24, 2.45) is 0 Å². The minimum Gasteiger partial charge on any atom is -0.322 e. The van der Waals surface area contributed by atoms with Gasteiger partial charge in [-0.15, -0.1) is 5.10 Å². The Kier molecular flexibility index (Phi) is 4.53. The molecular formula is C21H15N3OS. The molecule has 0 fully saturated rings. The molecule has 5 heteroatoms. The number of rotatable bonds is 4. The van der Waals surface area contributed by atoms with Gasteiger partial charge in [0.15, 0.2) is 0 Å². The molecule has 1 N–H and O–H groups in total. The van der Waals surface area contributed by atoms with E-state index < -0.39 is 0 Å². The molecule has 4 aromatic rings. The van der Waals surface area contributed by atoms with Gasteiger partial charge in [-0.1, -0.05) is 59.1 Å². The van der Waals surface area contributed by atoms with E-state index in [4.69, 9.17) is 0 Å². The average Bonchev–Trinajstić information content (AvgIpc) is 3.24. The lowest BCUT2D eigenvalue weighted by Crippen LogP contribution is -2.11. The second-order valence-electron chi connectivity index (χ2n) is 5.76. The van der Waals surface area contributed by atoms with E-state index in [0.29, 0.717) is 5.56 Å². The molecule has 0 saturated heterocycles. The molecule has 26 heavy (non-hydrogen) atoms. The summed E-state index contributed by atoms with van der Waals surface area (Å²) in [7, 11) is 0. The van der Waals surface area contributed by atoms with Crippen LogP contribution in [0.3, 0.4) is 0 Å². The third kappa shape index (κ3) is 3.53. The fourth-order valence-electron chi connectivity index (χ4n) is 2.66. The van der Waals surface area contributed by atoms with E-state index in [1.54, 1.807) is 6.20 Å². The molecule has 0 aliphatic carbocycles. The number of nitrogens with one attached hydrogen (secondary N) is 1. The summed E-state index contributed by atoms with van der Waals surface area (Å²) in [6.45, 7) is 0. The molecule has 3 aromatic carbocycles. The van der Waals surface area contributed by atoms with Crippen LogP contribution in [0.4, 0.5) is 5.69 Å².